The van der Waals surface area contributed by atoms with Crippen LogP contribution in [-0.2, 0) is 23.6 Å². The van der Waals surface area contributed by atoms with E-state index in [1.165, 1.54) is 10.6 Å². The van der Waals surface area contributed by atoms with E-state index in [9.17, 15) is 13.2 Å². The second-order valence-electron chi connectivity index (χ2n) is 5.79. The van der Waals surface area contributed by atoms with Gasteiger partial charge in [-0.05, 0) is 22.0 Å². The Kier molecular flexibility index (Phi) is 4.67. The molecule has 9 heteroatoms. The zero-order valence-electron chi connectivity index (χ0n) is 13.0. The number of rotatable bonds is 3. The number of hydrogen-bond acceptors (Lipinski definition) is 5. The lowest BCUT2D eigenvalue weighted by atomic mass is 10.3. The maximum Gasteiger partial charge on any atom is 0.259 e. The molecule has 2 aromatic rings. The fourth-order valence-electron chi connectivity index (χ4n) is 2.77. The van der Waals surface area contributed by atoms with Crippen LogP contribution < -0.4 is 5.56 Å². The van der Waals surface area contributed by atoms with Crippen LogP contribution in [0.15, 0.2) is 21.5 Å². The molecule has 126 valence electrons. The summed E-state index contributed by atoms with van der Waals surface area (Å²) < 4.78 is 28.1. The normalized spacial score (nSPS) is 17.9. The molecule has 0 saturated carbocycles. The van der Waals surface area contributed by atoms with Gasteiger partial charge >= 0.3 is 0 Å². The van der Waals surface area contributed by atoms with Crippen LogP contribution in [0.3, 0.4) is 0 Å². The summed E-state index contributed by atoms with van der Waals surface area (Å²) in [4.78, 5) is 15.6. The Labute approximate surface area is 147 Å². The minimum Gasteiger partial charge on any atom is -0.317 e. The summed E-state index contributed by atoms with van der Waals surface area (Å²) in [5.74, 6) is 0. The van der Waals surface area contributed by atoms with E-state index in [1.54, 1.807) is 29.1 Å². The molecule has 0 atom stereocenters. The first-order chi connectivity index (χ1) is 10.8. The first-order valence-corrected chi connectivity index (χ1v) is 10.7. The van der Waals surface area contributed by atoms with Crippen LogP contribution in [0.4, 0.5) is 0 Å². The number of aryl methyl sites for hydroxylation is 1. The molecule has 1 saturated heterocycles. The number of halogens is 1. The lowest BCUT2D eigenvalue weighted by Crippen LogP contribution is -2.47. The van der Waals surface area contributed by atoms with Crippen LogP contribution >= 0.6 is 27.3 Å². The number of aromatic nitrogens is 1. The highest BCUT2D eigenvalue weighted by molar-refractivity contribution is 9.10. The fraction of sp³-hybridized carbons (Fsp3) is 0.500. The maximum absolute atomic E-state index is 12.2. The number of sulfonamides is 1. The second kappa shape index (κ2) is 6.29. The van der Waals surface area contributed by atoms with Gasteiger partial charge in [-0.15, -0.1) is 11.3 Å². The van der Waals surface area contributed by atoms with Gasteiger partial charge in [0.1, 0.15) is 0 Å². The minimum atomic E-state index is -3.10. The van der Waals surface area contributed by atoms with Crippen molar-refractivity contribution in [3.63, 3.8) is 0 Å². The number of nitrogens with zero attached hydrogens (tertiary/aromatic N) is 3. The van der Waals surface area contributed by atoms with E-state index in [0.717, 1.165) is 26.0 Å². The van der Waals surface area contributed by atoms with Crippen LogP contribution in [0.5, 0.6) is 0 Å². The van der Waals surface area contributed by atoms with Crippen molar-refractivity contribution in [1.29, 1.82) is 0 Å². The largest absolute Gasteiger partial charge is 0.317 e. The first kappa shape index (κ1) is 17.1. The smallest absolute Gasteiger partial charge is 0.259 e. The van der Waals surface area contributed by atoms with E-state index in [4.69, 9.17) is 0 Å². The number of fused-ring (bicyclic) bond motifs is 1. The summed E-state index contributed by atoms with van der Waals surface area (Å²) in [6.45, 7) is 3.21. The molecular formula is C14H18BrN3O3S2. The summed E-state index contributed by atoms with van der Waals surface area (Å²) in [6.07, 6.45) is 3.04. The van der Waals surface area contributed by atoms with Gasteiger partial charge < -0.3 is 4.57 Å². The van der Waals surface area contributed by atoms with E-state index in [-0.39, 0.29) is 5.56 Å². The third-order valence-corrected chi connectivity index (χ3v) is 7.36. The number of thiophene rings is 1. The average Bonchev–Trinajstić information content (AvgIpc) is 2.89. The van der Waals surface area contributed by atoms with Crippen LogP contribution in [0.2, 0.25) is 0 Å². The summed E-state index contributed by atoms with van der Waals surface area (Å²) in [5.41, 5.74) is 0.00703. The van der Waals surface area contributed by atoms with Gasteiger partial charge in [0.25, 0.3) is 5.56 Å². The third-order valence-electron chi connectivity index (χ3n) is 4.04. The predicted octanol–water partition coefficient (Wildman–Crippen LogP) is 1.44. The molecule has 6 nitrogen and oxygen atoms in total. The Morgan fingerprint density at radius 2 is 1.91 bits per heavy atom. The molecule has 1 fully saturated rings. The highest BCUT2D eigenvalue weighted by atomic mass is 79.9. The molecule has 0 aliphatic carbocycles. The fourth-order valence-corrected chi connectivity index (χ4v) is 5.46. The molecule has 0 bridgehead atoms. The second-order valence-corrected chi connectivity index (χ2v) is 9.76. The summed E-state index contributed by atoms with van der Waals surface area (Å²) >= 11 is 5.13. The first-order valence-electron chi connectivity index (χ1n) is 7.21. The molecule has 1 aliphatic heterocycles. The van der Waals surface area contributed by atoms with Gasteiger partial charge in [0.05, 0.1) is 20.8 Å². The van der Waals surface area contributed by atoms with E-state index in [1.807, 2.05) is 6.07 Å². The molecule has 23 heavy (non-hydrogen) atoms. The van der Waals surface area contributed by atoms with E-state index < -0.39 is 10.0 Å². The molecule has 3 rings (SSSR count). The predicted molar refractivity (Wildman–Crippen MR) is 96.5 cm³/mol. The van der Waals surface area contributed by atoms with E-state index in [0.29, 0.717) is 26.2 Å². The standard InChI is InChI=1S/C14H18BrN3O3S2/c1-16-9-12(15)13-11(14(16)19)7-10(22-13)8-17-3-5-18(6-4-17)23(2,20)21/h7,9H,3-6,8H2,1-2H3. The van der Waals surface area contributed by atoms with Crippen LogP contribution in [0.1, 0.15) is 4.88 Å². The van der Waals surface area contributed by atoms with Gasteiger partial charge in [-0.2, -0.15) is 4.31 Å². The monoisotopic (exact) mass is 419 g/mol. The van der Waals surface area contributed by atoms with Gasteiger partial charge in [-0.3, -0.25) is 9.69 Å². The molecule has 0 spiro atoms. The van der Waals surface area contributed by atoms with Crippen molar-refractivity contribution in [2.45, 2.75) is 6.54 Å². The highest BCUT2D eigenvalue weighted by Crippen LogP contribution is 2.30. The third kappa shape index (κ3) is 3.53. The van der Waals surface area contributed by atoms with E-state index >= 15 is 0 Å². The van der Waals surface area contributed by atoms with Crippen LogP contribution in [0, 0.1) is 0 Å². The molecule has 0 N–H and O–H groups in total. The molecule has 0 radical (unpaired) electrons. The van der Waals surface area contributed by atoms with Crippen LogP contribution in [-0.4, -0.2) is 54.6 Å². The van der Waals surface area contributed by atoms with Gasteiger partial charge in [0.2, 0.25) is 10.0 Å². The molecule has 2 aromatic heterocycles. The SMILES string of the molecule is Cn1cc(Br)c2sc(CN3CCN(S(C)(=O)=O)CC3)cc2c1=O. The van der Waals surface area contributed by atoms with Crippen molar-refractivity contribution >= 4 is 47.4 Å². The molecule has 0 amide bonds. The molecular weight excluding hydrogens is 402 g/mol. The van der Waals surface area contributed by atoms with Gasteiger partial charge in [0, 0.05) is 50.8 Å². The van der Waals surface area contributed by atoms with Crippen molar-refractivity contribution in [1.82, 2.24) is 13.8 Å². The Morgan fingerprint density at radius 1 is 1.26 bits per heavy atom. The Morgan fingerprint density at radius 3 is 2.52 bits per heavy atom. The lowest BCUT2D eigenvalue weighted by Gasteiger charge is -2.32. The Hall–Kier alpha value is -0.740. The van der Waals surface area contributed by atoms with Crippen molar-refractivity contribution in [3.05, 3.63) is 32.0 Å². The summed E-state index contributed by atoms with van der Waals surface area (Å²) in [6, 6.07) is 1.95. The van der Waals surface area contributed by atoms with Crippen molar-refractivity contribution in [2.75, 3.05) is 32.4 Å². The average molecular weight is 420 g/mol. The van der Waals surface area contributed by atoms with Crippen LogP contribution in [0.25, 0.3) is 10.1 Å². The molecule has 0 aromatic carbocycles. The minimum absolute atomic E-state index is 0.00703. The van der Waals surface area contributed by atoms with Gasteiger partial charge in [-0.1, -0.05) is 0 Å². The Bertz CT molecular complexity index is 896. The maximum atomic E-state index is 12.2. The highest BCUT2D eigenvalue weighted by Gasteiger charge is 2.23. The van der Waals surface area contributed by atoms with Crippen molar-refractivity contribution in [3.8, 4) is 0 Å². The van der Waals surface area contributed by atoms with Gasteiger partial charge in [0.15, 0.2) is 0 Å². The summed E-state index contributed by atoms with van der Waals surface area (Å²) in [5, 5.41) is 0.733. The zero-order chi connectivity index (χ0) is 16.8. The molecule has 3 heterocycles. The lowest BCUT2D eigenvalue weighted by molar-refractivity contribution is 0.183. The number of pyridine rings is 1. The quantitative estimate of drug-likeness (QED) is 0.754. The molecule has 0 unspecified atom stereocenters. The number of hydrogen-bond donors (Lipinski definition) is 0. The topological polar surface area (TPSA) is 62.6 Å². The van der Waals surface area contributed by atoms with Gasteiger partial charge in [-0.25, -0.2) is 8.42 Å². The van der Waals surface area contributed by atoms with Crippen molar-refractivity contribution < 1.29 is 8.42 Å². The Balaban J connectivity index is 1.77. The van der Waals surface area contributed by atoms with Crippen molar-refractivity contribution in [2.24, 2.45) is 7.05 Å². The number of piperazine rings is 1. The summed E-state index contributed by atoms with van der Waals surface area (Å²) in [7, 11) is -1.36. The zero-order valence-corrected chi connectivity index (χ0v) is 16.2. The van der Waals surface area contributed by atoms with E-state index in [2.05, 4.69) is 20.8 Å². The molecule has 1 aliphatic rings.